The Morgan fingerprint density at radius 3 is 2.82 bits per heavy atom. The largest absolute Gasteiger partial charge is 0.392 e. The minimum absolute atomic E-state index is 0.0263. The molecular formula is C11H15BrN2O3. The lowest BCUT2D eigenvalue weighted by molar-refractivity contribution is -0.131. The molecule has 0 aliphatic carbocycles. The van der Waals surface area contributed by atoms with Crippen molar-refractivity contribution < 1.29 is 9.90 Å². The van der Waals surface area contributed by atoms with Gasteiger partial charge in [0.2, 0.25) is 5.91 Å². The number of pyridine rings is 1. The molecule has 1 amide bonds. The highest BCUT2D eigenvalue weighted by Crippen LogP contribution is 2.05. The summed E-state index contributed by atoms with van der Waals surface area (Å²) in [6, 6.07) is 3.02. The molecule has 17 heavy (non-hydrogen) atoms. The van der Waals surface area contributed by atoms with Crippen molar-refractivity contribution in [3.05, 3.63) is 33.2 Å². The van der Waals surface area contributed by atoms with Gasteiger partial charge in [-0.2, -0.15) is 0 Å². The molecule has 0 fully saturated rings. The Hall–Kier alpha value is -1.14. The summed E-state index contributed by atoms with van der Waals surface area (Å²) in [5.74, 6) is -0.217. The molecule has 1 aromatic heterocycles. The molecule has 0 aliphatic rings. The molecule has 0 aliphatic heterocycles. The smallest absolute Gasteiger partial charge is 0.251 e. The predicted molar refractivity (Wildman–Crippen MR) is 67.7 cm³/mol. The van der Waals surface area contributed by atoms with Gasteiger partial charge in [-0.3, -0.25) is 9.59 Å². The fraction of sp³-hybridized carbons (Fsp3) is 0.455. The van der Waals surface area contributed by atoms with E-state index in [-0.39, 0.29) is 24.6 Å². The quantitative estimate of drug-likeness (QED) is 0.878. The topological polar surface area (TPSA) is 62.5 Å². The van der Waals surface area contributed by atoms with Crippen LogP contribution in [-0.2, 0) is 11.3 Å². The van der Waals surface area contributed by atoms with E-state index in [0.29, 0.717) is 0 Å². The Labute approximate surface area is 108 Å². The summed E-state index contributed by atoms with van der Waals surface area (Å²) >= 11 is 3.24. The van der Waals surface area contributed by atoms with Crippen LogP contribution in [0, 0.1) is 0 Å². The van der Waals surface area contributed by atoms with E-state index in [9.17, 15) is 9.59 Å². The molecule has 1 unspecified atom stereocenters. The third-order valence-electron chi connectivity index (χ3n) is 2.22. The number of halogens is 1. The number of carbonyl (C=O) groups is 1. The lowest BCUT2D eigenvalue weighted by atomic mass is 10.3. The molecule has 1 N–H and O–H groups in total. The second-order valence-corrected chi connectivity index (χ2v) is 4.85. The lowest BCUT2D eigenvalue weighted by Gasteiger charge is -2.19. The van der Waals surface area contributed by atoms with Crippen LogP contribution in [0.5, 0.6) is 0 Å². The first kappa shape index (κ1) is 13.9. The molecule has 0 saturated heterocycles. The monoisotopic (exact) mass is 302 g/mol. The zero-order valence-electron chi connectivity index (χ0n) is 9.76. The second kappa shape index (κ2) is 5.97. The van der Waals surface area contributed by atoms with E-state index < -0.39 is 6.10 Å². The number of nitrogens with zero attached hydrogens (tertiary/aromatic N) is 2. The Kier molecular flexibility index (Phi) is 4.89. The van der Waals surface area contributed by atoms with Crippen LogP contribution in [0.4, 0.5) is 0 Å². The Morgan fingerprint density at radius 2 is 2.24 bits per heavy atom. The van der Waals surface area contributed by atoms with Gasteiger partial charge in [0.15, 0.2) is 0 Å². The van der Waals surface area contributed by atoms with Crippen LogP contribution in [0.3, 0.4) is 0 Å². The Morgan fingerprint density at radius 1 is 1.59 bits per heavy atom. The van der Waals surface area contributed by atoms with Gasteiger partial charge in [-0.25, -0.2) is 0 Å². The van der Waals surface area contributed by atoms with Crippen molar-refractivity contribution >= 4 is 21.8 Å². The number of aliphatic hydroxyl groups is 1. The van der Waals surface area contributed by atoms with Crippen molar-refractivity contribution in [3.8, 4) is 0 Å². The molecule has 94 valence electrons. The van der Waals surface area contributed by atoms with Crippen LogP contribution >= 0.6 is 15.9 Å². The fourth-order valence-electron chi connectivity index (χ4n) is 1.39. The van der Waals surface area contributed by atoms with Gasteiger partial charge < -0.3 is 14.6 Å². The molecular weight excluding hydrogens is 288 g/mol. The number of hydrogen-bond donors (Lipinski definition) is 1. The van der Waals surface area contributed by atoms with Crippen molar-refractivity contribution in [1.82, 2.24) is 9.47 Å². The molecule has 0 spiro atoms. The summed E-state index contributed by atoms with van der Waals surface area (Å²) in [6.45, 7) is 1.83. The average molecular weight is 303 g/mol. The molecule has 0 radical (unpaired) electrons. The van der Waals surface area contributed by atoms with Gasteiger partial charge in [-0.05, 0) is 28.9 Å². The van der Waals surface area contributed by atoms with Gasteiger partial charge in [0.05, 0.1) is 6.10 Å². The van der Waals surface area contributed by atoms with Crippen LogP contribution in [0.15, 0.2) is 27.6 Å². The van der Waals surface area contributed by atoms with E-state index in [4.69, 9.17) is 5.11 Å². The van der Waals surface area contributed by atoms with Crippen LogP contribution in [0.25, 0.3) is 0 Å². The zero-order valence-corrected chi connectivity index (χ0v) is 11.3. The number of aliphatic hydroxyl groups excluding tert-OH is 1. The van der Waals surface area contributed by atoms with Gasteiger partial charge in [0.25, 0.3) is 5.56 Å². The summed E-state index contributed by atoms with van der Waals surface area (Å²) in [7, 11) is 1.60. The van der Waals surface area contributed by atoms with E-state index in [1.165, 1.54) is 15.5 Å². The van der Waals surface area contributed by atoms with Gasteiger partial charge in [-0.1, -0.05) is 0 Å². The SMILES string of the molecule is CC(O)CN(C)C(=O)Cn1cc(Br)ccc1=O. The second-order valence-electron chi connectivity index (χ2n) is 3.94. The molecule has 1 aromatic rings. The normalized spacial score (nSPS) is 12.2. The molecule has 1 atom stereocenters. The van der Waals surface area contributed by atoms with Crippen molar-refractivity contribution in [2.45, 2.75) is 19.6 Å². The first-order valence-electron chi connectivity index (χ1n) is 5.18. The van der Waals surface area contributed by atoms with E-state index in [1.54, 1.807) is 26.2 Å². The maximum Gasteiger partial charge on any atom is 0.251 e. The third kappa shape index (κ3) is 4.32. The summed E-state index contributed by atoms with van der Waals surface area (Å²) in [4.78, 5) is 24.6. The molecule has 1 heterocycles. The molecule has 1 rings (SSSR count). The number of aromatic nitrogens is 1. The van der Waals surface area contributed by atoms with Crippen LogP contribution < -0.4 is 5.56 Å². The lowest BCUT2D eigenvalue weighted by Crippen LogP contribution is -2.37. The summed E-state index contributed by atoms with van der Waals surface area (Å²) in [5.41, 5.74) is -0.230. The maximum absolute atomic E-state index is 11.8. The van der Waals surface area contributed by atoms with E-state index in [2.05, 4.69) is 15.9 Å². The number of amides is 1. The van der Waals surface area contributed by atoms with E-state index in [1.807, 2.05) is 0 Å². The summed E-state index contributed by atoms with van der Waals surface area (Å²) < 4.78 is 2.06. The standard InChI is InChI=1S/C11H15BrN2O3/c1-8(15)5-13(2)11(17)7-14-6-9(12)3-4-10(14)16/h3-4,6,8,15H,5,7H2,1-2H3. The summed E-state index contributed by atoms with van der Waals surface area (Å²) in [5, 5.41) is 9.17. The minimum atomic E-state index is -0.580. The van der Waals surface area contributed by atoms with Gasteiger partial charge in [-0.15, -0.1) is 0 Å². The van der Waals surface area contributed by atoms with Gasteiger partial charge >= 0.3 is 0 Å². The number of likely N-dealkylation sites (N-methyl/N-ethyl adjacent to an activating group) is 1. The van der Waals surface area contributed by atoms with Crippen molar-refractivity contribution in [2.24, 2.45) is 0 Å². The maximum atomic E-state index is 11.8. The third-order valence-corrected chi connectivity index (χ3v) is 2.69. The first-order chi connectivity index (χ1) is 7.90. The average Bonchev–Trinajstić information content (AvgIpc) is 2.22. The molecule has 0 aromatic carbocycles. The first-order valence-corrected chi connectivity index (χ1v) is 5.97. The number of carbonyl (C=O) groups excluding carboxylic acids is 1. The highest BCUT2D eigenvalue weighted by atomic mass is 79.9. The van der Waals surface area contributed by atoms with Crippen molar-refractivity contribution in [1.29, 1.82) is 0 Å². The van der Waals surface area contributed by atoms with Crippen LogP contribution in [0.2, 0.25) is 0 Å². The summed E-state index contributed by atoms with van der Waals surface area (Å²) in [6.07, 6.45) is 0.986. The number of rotatable bonds is 4. The molecule has 0 bridgehead atoms. The van der Waals surface area contributed by atoms with Crippen LogP contribution in [0.1, 0.15) is 6.92 Å². The van der Waals surface area contributed by atoms with Crippen molar-refractivity contribution in [2.75, 3.05) is 13.6 Å². The predicted octanol–water partition coefficient (Wildman–Crippen LogP) is 0.450. The number of hydrogen-bond acceptors (Lipinski definition) is 3. The molecule has 5 nitrogen and oxygen atoms in total. The van der Waals surface area contributed by atoms with Gasteiger partial charge in [0.1, 0.15) is 6.54 Å². The van der Waals surface area contributed by atoms with Gasteiger partial charge in [0, 0.05) is 30.3 Å². The highest BCUT2D eigenvalue weighted by molar-refractivity contribution is 9.10. The minimum Gasteiger partial charge on any atom is -0.392 e. The van der Waals surface area contributed by atoms with Crippen molar-refractivity contribution in [3.63, 3.8) is 0 Å². The Bertz CT molecular complexity index is 456. The van der Waals surface area contributed by atoms with Crippen LogP contribution in [-0.4, -0.2) is 40.2 Å². The Balaban J connectivity index is 2.74. The zero-order chi connectivity index (χ0) is 13.0. The highest BCUT2D eigenvalue weighted by Gasteiger charge is 2.12. The van der Waals surface area contributed by atoms with E-state index >= 15 is 0 Å². The molecule has 6 heteroatoms. The molecule has 0 saturated carbocycles. The fourth-order valence-corrected chi connectivity index (χ4v) is 1.77. The van der Waals surface area contributed by atoms with E-state index in [0.717, 1.165) is 4.47 Å².